The normalized spacial score (nSPS) is 11.3. The summed E-state index contributed by atoms with van der Waals surface area (Å²) in [5.41, 5.74) is 1.61. The van der Waals surface area contributed by atoms with Gasteiger partial charge < -0.3 is 5.32 Å². The number of benzene rings is 2. The van der Waals surface area contributed by atoms with Crippen molar-refractivity contribution >= 4 is 15.7 Å². The summed E-state index contributed by atoms with van der Waals surface area (Å²) in [6, 6.07) is 16.1. The van der Waals surface area contributed by atoms with Crippen LogP contribution in [0.2, 0.25) is 0 Å². The van der Waals surface area contributed by atoms with E-state index < -0.39 is 10.0 Å². The van der Waals surface area contributed by atoms with Gasteiger partial charge in [0, 0.05) is 13.6 Å². The molecule has 2 aromatic rings. The summed E-state index contributed by atoms with van der Waals surface area (Å²) in [5, 5.41) is 3.20. The molecule has 0 heterocycles. The number of sulfonamides is 1. The zero-order valence-corrected chi connectivity index (χ0v) is 13.1. The summed E-state index contributed by atoms with van der Waals surface area (Å²) in [5.74, 6) is 0. The minimum absolute atomic E-state index is 0.309. The molecular weight excluding hydrogens is 284 g/mol. The molecule has 0 spiro atoms. The van der Waals surface area contributed by atoms with Gasteiger partial charge in [-0.05, 0) is 36.4 Å². The summed E-state index contributed by atoms with van der Waals surface area (Å²) in [6.07, 6.45) is 0. The predicted octanol–water partition coefficient (Wildman–Crippen LogP) is 2.62. The van der Waals surface area contributed by atoms with Crippen molar-refractivity contribution in [1.29, 1.82) is 0 Å². The molecule has 21 heavy (non-hydrogen) atoms. The van der Waals surface area contributed by atoms with Gasteiger partial charge in [-0.2, -0.15) is 0 Å². The smallest absolute Gasteiger partial charge is 0.264 e. The highest BCUT2D eigenvalue weighted by Crippen LogP contribution is 2.22. The van der Waals surface area contributed by atoms with Gasteiger partial charge >= 0.3 is 0 Å². The van der Waals surface area contributed by atoms with E-state index in [0.717, 1.165) is 12.1 Å². The van der Waals surface area contributed by atoms with E-state index in [-0.39, 0.29) is 0 Å². The van der Waals surface area contributed by atoms with Gasteiger partial charge in [0.15, 0.2) is 0 Å². The Morgan fingerprint density at radius 2 is 1.76 bits per heavy atom. The molecule has 0 aliphatic carbocycles. The quantitative estimate of drug-likeness (QED) is 0.892. The fourth-order valence-corrected chi connectivity index (χ4v) is 3.29. The van der Waals surface area contributed by atoms with Crippen LogP contribution in [0.1, 0.15) is 12.5 Å². The summed E-state index contributed by atoms with van der Waals surface area (Å²) in [6.45, 7) is 3.53. The molecule has 5 heteroatoms. The van der Waals surface area contributed by atoms with Crippen LogP contribution < -0.4 is 9.62 Å². The van der Waals surface area contributed by atoms with Crippen molar-refractivity contribution in [2.24, 2.45) is 0 Å². The summed E-state index contributed by atoms with van der Waals surface area (Å²) in [4.78, 5) is 0.309. The third-order valence-electron chi connectivity index (χ3n) is 3.26. The Hall–Kier alpha value is -1.85. The van der Waals surface area contributed by atoms with Crippen LogP contribution in [-0.4, -0.2) is 22.0 Å². The molecule has 0 unspecified atom stereocenters. The lowest BCUT2D eigenvalue weighted by Crippen LogP contribution is -2.26. The topological polar surface area (TPSA) is 49.4 Å². The van der Waals surface area contributed by atoms with E-state index in [9.17, 15) is 8.42 Å². The largest absolute Gasteiger partial charge is 0.313 e. The predicted molar refractivity (Wildman–Crippen MR) is 85.9 cm³/mol. The molecule has 0 fully saturated rings. The number of nitrogens with zero attached hydrogens (tertiary/aromatic N) is 1. The fourth-order valence-electron chi connectivity index (χ4n) is 2.02. The molecule has 0 radical (unpaired) electrons. The van der Waals surface area contributed by atoms with Crippen molar-refractivity contribution < 1.29 is 8.42 Å². The van der Waals surface area contributed by atoms with Crippen molar-refractivity contribution in [1.82, 2.24) is 5.32 Å². The van der Waals surface area contributed by atoms with Crippen LogP contribution in [0.4, 0.5) is 5.69 Å². The van der Waals surface area contributed by atoms with Crippen LogP contribution in [0.25, 0.3) is 0 Å². The van der Waals surface area contributed by atoms with Crippen molar-refractivity contribution in [2.75, 3.05) is 17.9 Å². The zero-order chi connectivity index (χ0) is 15.3. The number of nitrogens with one attached hydrogen (secondary N) is 1. The van der Waals surface area contributed by atoms with Crippen LogP contribution in [0.5, 0.6) is 0 Å². The highest BCUT2D eigenvalue weighted by molar-refractivity contribution is 7.92. The molecule has 1 N–H and O–H groups in total. The van der Waals surface area contributed by atoms with E-state index in [4.69, 9.17) is 0 Å². The van der Waals surface area contributed by atoms with Gasteiger partial charge in [-0.15, -0.1) is 0 Å². The Morgan fingerprint density at radius 3 is 2.43 bits per heavy atom. The van der Waals surface area contributed by atoms with E-state index in [1.54, 1.807) is 37.4 Å². The summed E-state index contributed by atoms with van der Waals surface area (Å²) >= 11 is 0. The molecular formula is C16H20N2O2S. The number of rotatable bonds is 6. The van der Waals surface area contributed by atoms with Gasteiger partial charge in [0.25, 0.3) is 10.0 Å². The molecule has 4 nitrogen and oxygen atoms in total. The lowest BCUT2D eigenvalue weighted by molar-refractivity contribution is 0.594. The first-order valence-electron chi connectivity index (χ1n) is 6.89. The van der Waals surface area contributed by atoms with Crippen molar-refractivity contribution in [3.05, 3.63) is 60.2 Å². The molecule has 0 atom stereocenters. The second kappa shape index (κ2) is 6.74. The lowest BCUT2D eigenvalue weighted by atomic mass is 10.2. The second-order valence-corrected chi connectivity index (χ2v) is 6.71. The Morgan fingerprint density at radius 1 is 1.05 bits per heavy atom. The second-order valence-electron chi connectivity index (χ2n) is 4.74. The van der Waals surface area contributed by atoms with Crippen molar-refractivity contribution in [3.8, 4) is 0 Å². The van der Waals surface area contributed by atoms with Gasteiger partial charge in [0.1, 0.15) is 0 Å². The van der Waals surface area contributed by atoms with Crippen LogP contribution in [0.3, 0.4) is 0 Å². The van der Waals surface area contributed by atoms with Crippen molar-refractivity contribution in [2.45, 2.75) is 18.4 Å². The standard InChI is InChI=1S/C16H20N2O2S/c1-3-17-13-14-8-7-11-16(12-14)21(19,20)18(2)15-9-5-4-6-10-15/h4-12,17H,3,13H2,1-2H3. The zero-order valence-electron chi connectivity index (χ0n) is 12.3. The molecule has 2 rings (SSSR count). The summed E-state index contributed by atoms with van der Waals surface area (Å²) in [7, 11) is -1.96. The first-order valence-corrected chi connectivity index (χ1v) is 8.33. The number of hydrogen-bond acceptors (Lipinski definition) is 3. The molecule has 0 aliphatic heterocycles. The van der Waals surface area contributed by atoms with Gasteiger partial charge in [-0.25, -0.2) is 8.42 Å². The first-order chi connectivity index (χ1) is 10.1. The third-order valence-corrected chi connectivity index (χ3v) is 5.04. The molecule has 0 aromatic heterocycles. The summed E-state index contributed by atoms with van der Waals surface area (Å²) < 4.78 is 26.6. The molecule has 0 amide bonds. The van der Waals surface area contributed by atoms with Gasteiger partial charge in [0.05, 0.1) is 10.6 Å². The average Bonchev–Trinajstić information content (AvgIpc) is 2.53. The van der Waals surface area contributed by atoms with E-state index in [1.807, 2.05) is 31.2 Å². The third kappa shape index (κ3) is 3.62. The Bertz CT molecular complexity index is 684. The molecule has 2 aromatic carbocycles. The van der Waals surface area contributed by atoms with E-state index in [0.29, 0.717) is 17.1 Å². The molecule has 0 saturated heterocycles. The highest BCUT2D eigenvalue weighted by atomic mass is 32.2. The molecule has 0 saturated carbocycles. The molecule has 0 bridgehead atoms. The van der Waals surface area contributed by atoms with Crippen LogP contribution in [-0.2, 0) is 16.6 Å². The van der Waals surface area contributed by atoms with E-state index in [2.05, 4.69) is 5.32 Å². The van der Waals surface area contributed by atoms with E-state index >= 15 is 0 Å². The average molecular weight is 304 g/mol. The SMILES string of the molecule is CCNCc1cccc(S(=O)(=O)N(C)c2ccccc2)c1. The van der Waals surface area contributed by atoms with Crippen LogP contribution >= 0.6 is 0 Å². The van der Waals surface area contributed by atoms with Crippen molar-refractivity contribution in [3.63, 3.8) is 0 Å². The maximum absolute atomic E-state index is 12.7. The minimum atomic E-state index is -3.53. The maximum Gasteiger partial charge on any atom is 0.264 e. The van der Waals surface area contributed by atoms with E-state index in [1.165, 1.54) is 4.31 Å². The van der Waals surface area contributed by atoms with Crippen LogP contribution in [0.15, 0.2) is 59.5 Å². The maximum atomic E-state index is 12.7. The lowest BCUT2D eigenvalue weighted by Gasteiger charge is -2.19. The minimum Gasteiger partial charge on any atom is -0.313 e. The Kier molecular flexibility index (Phi) is 4.98. The van der Waals surface area contributed by atoms with Crippen LogP contribution in [0, 0.1) is 0 Å². The highest BCUT2D eigenvalue weighted by Gasteiger charge is 2.21. The molecule has 0 aliphatic rings. The fraction of sp³-hybridized carbons (Fsp3) is 0.250. The number of para-hydroxylation sites is 1. The number of hydrogen-bond donors (Lipinski definition) is 1. The Balaban J connectivity index is 2.31. The van der Waals surface area contributed by atoms with Gasteiger partial charge in [-0.3, -0.25) is 4.31 Å². The van der Waals surface area contributed by atoms with Gasteiger partial charge in [0.2, 0.25) is 0 Å². The monoisotopic (exact) mass is 304 g/mol. The molecule has 112 valence electrons. The van der Waals surface area contributed by atoms with Gasteiger partial charge in [-0.1, -0.05) is 37.3 Å². The number of anilines is 1. The first kappa shape index (κ1) is 15.5. The Labute approximate surface area is 126 Å².